The van der Waals surface area contributed by atoms with Gasteiger partial charge >= 0.3 is 6.18 Å². The topological polar surface area (TPSA) is 17.1 Å². The number of allylic oxidation sites excluding steroid dienone is 4. The van der Waals surface area contributed by atoms with Crippen molar-refractivity contribution in [2.75, 3.05) is 0 Å². The predicted octanol–water partition coefficient (Wildman–Crippen LogP) is 5.78. The molecule has 0 aliphatic heterocycles. The lowest BCUT2D eigenvalue weighted by molar-refractivity contribution is -0.137. The number of alkyl halides is 3. The van der Waals surface area contributed by atoms with Gasteiger partial charge in [0.25, 0.3) is 0 Å². The number of hydrogen-bond donors (Lipinski definition) is 0. The van der Waals surface area contributed by atoms with E-state index in [4.69, 9.17) is 0 Å². The van der Waals surface area contributed by atoms with Crippen LogP contribution in [0.1, 0.15) is 30.5 Å². The minimum absolute atomic E-state index is 0.248. The summed E-state index contributed by atoms with van der Waals surface area (Å²) in [6.45, 7) is 3.38. The van der Waals surface area contributed by atoms with Crippen molar-refractivity contribution in [2.45, 2.75) is 20.0 Å². The molecule has 0 radical (unpaired) electrons. The lowest BCUT2D eigenvalue weighted by Crippen LogP contribution is -2.08. The summed E-state index contributed by atoms with van der Waals surface area (Å²) in [6.07, 6.45) is -1.22. The smallest absolute Gasteiger partial charge is 0.289 e. The average Bonchev–Trinajstić information content (AvgIpc) is 2.57. The van der Waals surface area contributed by atoms with Crippen LogP contribution in [0.5, 0.6) is 0 Å². The van der Waals surface area contributed by atoms with Gasteiger partial charge in [0.05, 0.1) is 5.56 Å². The second-order valence-corrected chi connectivity index (χ2v) is 5.18. The molecular weight excluding hydrogens is 313 g/mol. The van der Waals surface area contributed by atoms with Gasteiger partial charge in [-0.3, -0.25) is 4.79 Å². The number of carbonyl (C=O) groups is 1. The summed E-state index contributed by atoms with van der Waals surface area (Å²) in [5, 5.41) is 0. The Hall–Kier alpha value is -2.62. The molecule has 24 heavy (non-hydrogen) atoms. The van der Waals surface area contributed by atoms with Crippen molar-refractivity contribution >= 4 is 16.9 Å². The molecule has 0 aliphatic carbocycles. The van der Waals surface area contributed by atoms with E-state index in [-0.39, 0.29) is 16.9 Å². The Morgan fingerprint density at radius 2 is 1.38 bits per heavy atom. The van der Waals surface area contributed by atoms with E-state index in [0.717, 1.165) is 17.7 Å². The van der Waals surface area contributed by atoms with Crippen LogP contribution in [-0.4, -0.2) is 5.78 Å². The summed E-state index contributed by atoms with van der Waals surface area (Å²) in [6, 6.07) is 13.9. The van der Waals surface area contributed by atoms with E-state index < -0.39 is 11.7 Å². The number of hydrogen-bond acceptors (Lipinski definition) is 1. The van der Waals surface area contributed by atoms with Gasteiger partial charge < -0.3 is 0 Å². The van der Waals surface area contributed by atoms with E-state index in [9.17, 15) is 18.0 Å². The Morgan fingerprint density at radius 3 is 1.92 bits per heavy atom. The molecule has 0 spiro atoms. The molecule has 0 fully saturated rings. The quantitative estimate of drug-likeness (QED) is 0.649. The predicted molar refractivity (Wildman–Crippen MR) is 90.2 cm³/mol. The lowest BCUT2D eigenvalue weighted by atomic mass is 9.91. The Morgan fingerprint density at radius 1 is 0.833 bits per heavy atom. The Kier molecular flexibility index (Phi) is 5.39. The minimum Gasteiger partial charge on any atom is -0.289 e. The van der Waals surface area contributed by atoms with Crippen LogP contribution in [0.3, 0.4) is 0 Å². The monoisotopic (exact) mass is 330 g/mol. The van der Waals surface area contributed by atoms with Gasteiger partial charge in [-0.25, -0.2) is 0 Å². The molecule has 4 heteroatoms. The normalized spacial score (nSPS) is 13.0. The molecule has 2 aromatic carbocycles. The van der Waals surface area contributed by atoms with E-state index in [2.05, 4.69) is 0 Å². The van der Waals surface area contributed by atoms with Crippen LogP contribution < -0.4 is 0 Å². The number of rotatable bonds is 4. The van der Waals surface area contributed by atoms with Gasteiger partial charge in [-0.05, 0) is 37.1 Å². The zero-order valence-electron chi connectivity index (χ0n) is 13.4. The van der Waals surface area contributed by atoms with Gasteiger partial charge in [0.1, 0.15) is 0 Å². The maximum Gasteiger partial charge on any atom is 0.416 e. The highest BCUT2D eigenvalue weighted by Gasteiger charge is 2.31. The lowest BCUT2D eigenvalue weighted by Gasteiger charge is -2.13. The van der Waals surface area contributed by atoms with Crippen molar-refractivity contribution in [1.29, 1.82) is 0 Å². The van der Waals surface area contributed by atoms with E-state index >= 15 is 0 Å². The SMILES string of the molecule is C/C=C(\C(=O)/C(=C\C)c1cccc(C(F)(F)F)c1)c1ccccc1. The van der Waals surface area contributed by atoms with Crippen molar-refractivity contribution in [3.63, 3.8) is 0 Å². The molecule has 0 atom stereocenters. The van der Waals surface area contributed by atoms with Gasteiger partial charge in [0.15, 0.2) is 5.78 Å². The van der Waals surface area contributed by atoms with Crippen LogP contribution in [0, 0.1) is 0 Å². The van der Waals surface area contributed by atoms with Crippen LogP contribution in [-0.2, 0) is 11.0 Å². The number of ketones is 1. The summed E-state index contributed by atoms with van der Waals surface area (Å²) < 4.78 is 38.7. The summed E-state index contributed by atoms with van der Waals surface area (Å²) in [4.78, 5) is 12.8. The molecule has 1 nitrogen and oxygen atoms in total. The highest BCUT2D eigenvalue weighted by Crippen LogP contribution is 2.32. The van der Waals surface area contributed by atoms with E-state index in [0.29, 0.717) is 5.57 Å². The van der Waals surface area contributed by atoms with Crippen molar-refractivity contribution in [3.05, 3.63) is 83.4 Å². The third-order valence-corrected chi connectivity index (χ3v) is 3.65. The number of Topliss-reactive ketones (excluding diaryl/α,β-unsaturated/α-hetero) is 1. The van der Waals surface area contributed by atoms with Gasteiger partial charge in [-0.2, -0.15) is 13.2 Å². The second-order valence-electron chi connectivity index (χ2n) is 5.18. The average molecular weight is 330 g/mol. The first-order valence-corrected chi connectivity index (χ1v) is 7.49. The first-order chi connectivity index (χ1) is 11.4. The fourth-order valence-electron chi connectivity index (χ4n) is 2.48. The molecule has 124 valence electrons. The molecule has 2 rings (SSSR count). The van der Waals surface area contributed by atoms with Crippen molar-refractivity contribution in [2.24, 2.45) is 0 Å². The molecular formula is C20H17F3O. The molecule has 0 saturated carbocycles. The van der Waals surface area contributed by atoms with Gasteiger partial charge in [0, 0.05) is 11.1 Å². The van der Waals surface area contributed by atoms with Crippen LogP contribution in [0.25, 0.3) is 11.1 Å². The van der Waals surface area contributed by atoms with Crippen molar-refractivity contribution in [1.82, 2.24) is 0 Å². The number of halogens is 3. The maximum atomic E-state index is 12.9. The molecule has 0 aromatic heterocycles. The summed E-state index contributed by atoms with van der Waals surface area (Å²) >= 11 is 0. The van der Waals surface area contributed by atoms with Gasteiger partial charge in [-0.1, -0.05) is 54.6 Å². The first kappa shape index (κ1) is 17.7. The van der Waals surface area contributed by atoms with Crippen LogP contribution >= 0.6 is 0 Å². The summed E-state index contributed by atoms with van der Waals surface area (Å²) in [7, 11) is 0. The van der Waals surface area contributed by atoms with E-state index in [1.54, 1.807) is 38.1 Å². The fourth-order valence-corrected chi connectivity index (χ4v) is 2.48. The second kappa shape index (κ2) is 7.30. The molecule has 0 unspecified atom stereocenters. The summed E-state index contributed by atoms with van der Waals surface area (Å²) in [5.41, 5.74) is 0.928. The third kappa shape index (κ3) is 3.82. The Balaban J connectivity index is 2.44. The van der Waals surface area contributed by atoms with Crippen LogP contribution in [0.4, 0.5) is 13.2 Å². The number of carbonyl (C=O) groups excluding carboxylic acids is 1. The van der Waals surface area contributed by atoms with Crippen molar-refractivity contribution in [3.8, 4) is 0 Å². The van der Waals surface area contributed by atoms with Crippen LogP contribution in [0.15, 0.2) is 66.7 Å². The summed E-state index contributed by atoms with van der Waals surface area (Å²) in [5.74, 6) is -0.300. The Labute approximate surface area is 139 Å². The standard InChI is InChI=1S/C20H17F3O/c1-3-17(14-9-6-5-7-10-14)19(24)18(4-2)15-11-8-12-16(13-15)20(21,22)23/h3-13H,1-2H3/b17-3-,18-4-. The van der Waals surface area contributed by atoms with E-state index in [1.165, 1.54) is 12.1 Å². The van der Waals surface area contributed by atoms with Crippen molar-refractivity contribution < 1.29 is 18.0 Å². The maximum absolute atomic E-state index is 12.9. The molecule has 0 bridgehead atoms. The first-order valence-electron chi connectivity index (χ1n) is 7.49. The number of benzene rings is 2. The molecule has 2 aromatic rings. The van der Waals surface area contributed by atoms with Crippen LogP contribution in [0.2, 0.25) is 0 Å². The van der Waals surface area contributed by atoms with Gasteiger partial charge in [-0.15, -0.1) is 0 Å². The highest BCUT2D eigenvalue weighted by atomic mass is 19.4. The minimum atomic E-state index is -4.44. The molecule has 0 N–H and O–H groups in total. The zero-order chi connectivity index (χ0) is 17.7. The van der Waals surface area contributed by atoms with Gasteiger partial charge in [0.2, 0.25) is 0 Å². The largest absolute Gasteiger partial charge is 0.416 e. The molecule has 0 amide bonds. The highest BCUT2D eigenvalue weighted by molar-refractivity contribution is 6.42. The molecule has 0 aliphatic rings. The molecule has 0 saturated heterocycles. The van der Waals surface area contributed by atoms with E-state index in [1.807, 2.05) is 18.2 Å². The fraction of sp³-hybridized carbons (Fsp3) is 0.150. The Bertz CT molecular complexity index is 784. The molecule has 0 heterocycles. The third-order valence-electron chi connectivity index (χ3n) is 3.65. The zero-order valence-corrected chi connectivity index (χ0v) is 13.4.